The van der Waals surface area contributed by atoms with E-state index >= 15 is 0 Å². The number of nitrogens with one attached hydrogen (secondary N) is 2. The zero-order valence-corrected chi connectivity index (χ0v) is 11.8. The smallest absolute Gasteiger partial charge is 0.326 e. The normalized spacial score (nSPS) is 12.6. The summed E-state index contributed by atoms with van der Waals surface area (Å²) >= 11 is 0. The molecule has 1 amide bonds. The molecule has 1 atom stereocenters. The number of halogens is 1. The van der Waals surface area contributed by atoms with E-state index in [2.05, 4.69) is 10.3 Å². The number of benzene rings is 1. The summed E-state index contributed by atoms with van der Waals surface area (Å²) in [6.45, 7) is 3.77. The Morgan fingerprint density at radius 1 is 1.33 bits per heavy atom. The van der Waals surface area contributed by atoms with Gasteiger partial charge in [-0.25, -0.2) is 9.18 Å². The van der Waals surface area contributed by atoms with E-state index in [1.807, 2.05) is 13.8 Å². The second kappa shape index (κ2) is 5.95. The van der Waals surface area contributed by atoms with Crippen molar-refractivity contribution in [2.24, 2.45) is 5.92 Å². The van der Waals surface area contributed by atoms with Crippen molar-refractivity contribution in [3.8, 4) is 0 Å². The fourth-order valence-corrected chi connectivity index (χ4v) is 2.15. The molecule has 0 aliphatic heterocycles. The van der Waals surface area contributed by atoms with Gasteiger partial charge in [-0.3, -0.25) is 4.79 Å². The first kappa shape index (κ1) is 15.0. The average molecular weight is 292 g/mol. The Bertz CT molecular complexity index is 679. The van der Waals surface area contributed by atoms with Crippen molar-refractivity contribution in [3.05, 3.63) is 35.8 Å². The molecule has 0 spiro atoms. The molecule has 2 rings (SSSR count). The van der Waals surface area contributed by atoms with Crippen molar-refractivity contribution in [1.82, 2.24) is 10.3 Å². The topological polar surface area (TPSA) is 82.2 Å². The first-order valence-electron chi connectivity index (χ1n) is 6.68. The maximum absolute atomic E-state index is 13.1. The summed E-state index contributed by atoms with van der Waals surface area (Å²) in [5.41, 5.74) is 0.836. The Balaban J connectivity index is 2.19. The molecule has 0 fully saturated rings. The van der Waals surface area contributed by atoms with Gasteiger partial charge in [0.15, 0.2) is 0 Å². The average Bonchev–Trinajstić information content (AvgIpc) is 2.80. The molecular formula is C15H17FN2O3. The van der Waals surface area contributed by atoms with Gasteiger partial charge in [0.2, 0.25) is 0 Å². The van der Waals surface area contributed by atoms with Crippen LogP contribution in [0.3, 0.4) is 0 Å². The van der Waals surface area contributed by atoms with Crippen LogP contribution in [0.25, 0.3) is 10.9 Å². The first-order valence-corrected chi connectivity index (χ1v) is 6.68. The SMILES string of the molecule is CC(C)CC(NC(=O)c1cc2cc(F)ccc2[nH]1)C(=O)O. The Kier molecular flexibility index (Phi) is 4.26. The summed E-state index contributed by atoms with van der Waals surface area (Å²) in [4.78, 5) is 26.1. The van der Waals surface area contributed by atoms with Crippen molar-refractivity contribution in [1.29, 1.82) is 0 Å². The van der Waals surface area contributed by atoms with E-state index in [1.54, 1.807) is 0 Å². The van der Waals surface area contributed by atoms with Crippen LogP contribution in [0, 0.1) is 11.7 Å². The standard InChI is InChI=1S/C15H17FN2O3/c1-8(2)5-13(15(20)21)18-14(19)12-7-9-6-10(16)3-4-11(9)17-12/h3-4,6-8,13,17H,5H2,1-2H3,(H,18,19)(H,20,21). The largest absolute Gasteiger partial charge is 0.480 e. The lowest BCUT2D eigenvalue weighted by atomic mass is 10.0. The van der Waals surface area contributed by atoms with Crippen LogP contribution < -0.4 is 5.32 Å². The summed E-state index contributed by atoms with van der Waals surface area (Å²) in [7, 11) is 0. The van der Waals surface area contributed by atoms with E-state index in [-0.39, 0.29) is 11.6 Å². The number of carboxylic acid groups (broad SMARTS) is 1. The fourth-order valence-electron chi connectivity index (χ4n) is 2.15. The number of carbonyl (C=O) groups is 2. The van der Waals surface area contributed by atoms with E-state index in [0.29, 0.717) is 17.3 Å². The number of aromatic amines is 1. The fraction of sp³-hybridized carbons (Fsp3) is 0.333. The van der Waals surface area contributed by atoms with Crippen LogP contribution in [0.1, 0.15) is 30.8 Å². The third-order valence-corrected chi connectivity index (χ3v) is 3.14. The molecule has 21 heavy (non-hydrogen) atoms. The highest BCUT2D eigenvalue weighted by Gasteiger charge is 2.22. The van der Waals surface area contributed by atoms with Gasteiger partial charge in [-0.1, -0.05) is 13.8 Å². The van der Waals surface area contributed by atoms with Gasteiger partial charge >= 0.3 is 5.97 Å². The molecule has 5 nitrogen and oxygen atoms in total. The molecule has 0 aliphatic carbocycles. The molecule has 0 aliphatic rings. The maximum Gasteiger partial charge on any atom is 0.326 e. The summed E-state index contributed by atoms with van der Waals surface area (Å²) < 4.78 is 13.1. The highest BCUT2D eigenvalue weighted by molar-refractivity contribution is 5.99. The van der Waals surface area contributed by atoms with Gasteiger partial charge < -0.3 is 15.4 Å². The van der Waals surface area contributed by atoms with Gasteiger partial charge in [-0.05, 0) is 36.6 Å². The zero-order chi connectivity index (χ0) is 15.6. The number of hydrogen-bond donors (Lipinski definition) is 3. The zero-order valence-electron chi connectivity index (χ0n) is 11.8. The summed E-state index contributed by atoms with van der Waals surface area (Å²) in [5.74, 6) is -1.83. The van der Waals surface area contributed by atoms with Crippen molar-refractivity contribution >= 4 is 22.8 Å². The van der Waals surface area contributed by atoms with Crippen molar-refractivity contribution in [3.63, 3.8) is 0 Å². The van der Waals surface area contributed by atoms with Gasteiger partial charge in [0.05, 0.1) is 0 Å². The summed E-state index contributed by atoms with van der Waals surface area (Å²) in [5, 5.41) is 12.2. The number of H-pyrrole nitrogens is 1. The highest BCUT2D eigenvalue weighted by atomic mass is 19.1. The van der Waals surface area contributed by atoms with Gasteiger partial charge in [0, 0.05) is 10.9 Å². The molecule has 3 N–H and O–H groups in total. The van der Waals surface area contributed by atoms with Gasteiger partial charge in [0.1, 0.15) is 17.6 Å². The number of aromatic nitrogens is 1. The second-order valence-electron chi connectivity index (χ2n) is 5.41. The van der Waals surface area contributed by atoms with Crippen molar-refractivity contribution < 1.29 is 19.1 Å². The Morgan fingerprint density at radius 2 is 2.05 bits per heavy atom. The Morgan fingerprint density at radius 3 is 2.67 bits per heavy atom. The number of carboxylic acids is 1. The Labute approximate surface area is 121 Å². The molecular weight excluding hydrogens is 275 g/mol. The van der Waals surface area contributed by atoms with Gasteiger partial charge in [-0.2, -0.15) is 0 Å². The lowest BCUT2D eigenvalue weighted by molar-refractivity contribution is -0.139. The van der Waals surface area contributed by atoms with Crippen LogP contribution in [0.2, 0.25) is 0 Å². The molecule has 1 unspecified atom stereocenters. The highest BCUT2D eigenvalue weighted by Crippen LogP contribution is 2.17. The minimum atomic E-state index is -1.07. The molecule has 112 valence electrons. The predicted octanol–water partition coefficient (Wildman–Crippen LogP) is 2.54. The number of fused-ring (bicyclic) bond motifs is 1. The molecule has 1 aromatic carbocycles. The summed E-state index contributed by atoms with van der Waals surface area (Å²) in [6.07, 6.45) is 0.343. The summed E-state index contributed by atoms with van der Waals surface area (Å²) in [6, 6.07) is 4.69. The quantitative estimate of drug-likeness (QED) is 0.792. The number of rotatable bonds is 5. The molecule has 0 saturated carbocycles. The van der Waals surface area contributed by atoms with E-state index < -0.39 is 23.7 Å². The lowest BCUT2D eigenvalue weighted by Crippen LogP contribution is -2.41. The molecule has 1 aromatic heterocycles. The third kappa shape index (κ3) is 3.59. The molecule has 0 saturated heterocycles. The molecule has 0 radical (unpaired) electrons. The van der Waals surface area contributed by atoms with E-state index in [4.69, 9.17) is 5.11 Å². The van der Waals surface area contributed by atoms with Crippen LogP contribution >= 0.6 is 0 Å². The number of hydrogen-bond acceptors (Lipinski definition) is 2. The third-order valence-electron chi connectivity index (χ3n) is 3.14. The van der Waals surface area contributed by atoms with Crippen LogP contribution in [-0.2, 0) is 4.79 Å². The van der Waals surface area contributed by atoms with Crippen LogP contribution in [0.5, 0.6) is 0 Å². The van der Waals surface area contributed by atoms with E-state index in [0.717, 1.165) is 0 Å². The number of amides is 1. The second-order valence-corrected chi connectivity index (χ2v) is 5.41. The van der Waals surface area contributed by atoms with Gasteiger partial charge in [-0.15, -0.1) is 0 Å². The minimum absolute atomic E-state index is 0.142. The molecule has 1 heterocycles. The monoisotopic (exact) mass is 292 g/mol. The molecule has 6 heteroatoms. The van der Waals surface area contributed by atoms with Crippen molar-refractivity contribution in [2.45, 2.75) is 26.3 Å². The number of aliphatic carboxylic acids is 1. The predicted molar refractivity (Wildman–Crippen MR) is 76.6 cm³/mol. The van der Waals surface area contributed by atoms with Crippen LogP contribution in [-0.4, -0.2) is 28.0 Å². The van der Waals surface area contributed by atoms with E-state index in [9.17, 15) is 14.0 Å². The number of carbonyl (C=O) groups excluding carboxylic acids is 1. The van der Waals surface area contributed by atoms with Crippen molar-refractivity contribution in [2.75, 3.05) is 0 Å². The minimum Gasteiger partial charge on any atom is -0.480 e. The van der Waals surface area contributed by atoms with Crippen LogP contribution in [0.15, 0.2) is 24.3 Å². The van der Waals surface area contributed by atoms with Crippen LogP contribution in [0.4, 0.5) is 4.39 Å². The maximum atomic E-state index is 13.1. The van der Waals surface area contributed by atoms with E-state index in [1.165, 1.54) is 24.3 Å². The Hall–Kier alpha value is -2.37. The van der Waals surface area contributed by atoms with Gasteiger partial charge in [0.25, 0.3) is 5.91 Å². The molecule has 0 bridgehead atoms. The lowest BCUT2D eigenvalue weighted by Gasteiger charge is -2.15. The molecule has 2 aromatic rings. The first-order chi connectivity index (χ1) is 9.86.